The fraction of sp³-hybridized carbons (Fsp3) is 0.613. The molecule has 2 unspecified atom stereocenters. The molecule has 1 aromatic carbocycles. The second-order valence-electron chi connectivity index (χ2n) is 11.9. The van der Waals surface area contributed by atoms with Crippen LogP contribution in [0.3, 0.4) is 0 Å². The van der Waals surface area contributed by atoms with Gasteiger partial charge in [0.2, 0.25) is 0 Å². The molecule has 38 heavy (non-hydrogen) atoms. The van der Waals surface area contributed by atoms with Crippen molar-refractivity contribution >= 4 is 11.8 Å². The quantitative estimate of drug-likeness (QED) is 0.342. The molecule has 4 atom stereocenters. The van der Waals surface area contributed by atoms with Crippen LogP contribution in [0.5, 0.6) is 0 Å². The Morgan fingerprint density at radius 3 is 2.89 bits per heavy atom. The molecule has 0 spiro atoms. The predicted octanol–water partition coefficient (Wildman–Crippen LogP) is 6.59. The van der Waals surface area contributed by atoms with Gasteiger partial charge in [-0.2, -0.15) is 0 Å². The number of rotatable bonds is 10. The topological polar surface area (TPSA) is 80.7 Å². The molecule has 1 aliphatic carbocycles. The Hall–Kier alpha value is -2.51. The summed E-state index contributed by atoms with van der Waals surface area (Å²) in [5, 5.41) is 13.6. The molecular formula is C31H41FN2O4. The molecule has 1 saturated carbocycles. The van der Waals surface area contributed by atoms with E-state index < -0.39 is 17.7 Å². The molecule has 2 fully saturated rings. The molecule has 2 aliphatic heterocycles. The lowest BCUT2D eigenvalue weighted by Crippen LogP contribution is -2.24. The van der Waals surface area contributed by atoms with E-state index in [4.69, 9.17) is 14.5 Å². The van der Waals surface area contributed by atoms with Crippen LogP contribution in [0.2, 0.25) is 0 Å². The van der Waals surface area contributed by atoms with Gasteiger partial charge in [0.25, 0.3) is 0 Å². The van der Waals surface area contributed by atoms with Gasteiger partial charge in [-0.05, 0) is 119 Å². The smallest absolute Gasteiger partial charge is 0.311 e. The number of anilines is 1. The first-order valence-corrected chi connectivity index (χ1v) is 14.3. The highest BCUT2D eigenvalue weighted by Gasteiger charge is 2.40. The van der Waals surface area contributed by atoms with Crippen molar-refractivity contribution in [3.05, 3.63) is 58.5 Å². The van der Waals surface area contributed by atoms with Crippen molar-refractivity contribution in [1.29, 1.82) is 0 Å². The van der Waals surface area contributed by atoms with Gasteiger partial charge >= 0.3 is 5.97 Å². The number of carboxylic acid groups (broad SMARTS) is 1. The molecule has 0 bridgehead atoms. The van der Waals surface area contributed by atoms with E-state index >= 15 is 0 Å². The number of hydrogen-bond acceptors (Lipinski definition) is 5. The van der Waals surface area contributed by atoms with E-state index in [1.54, 1.807) is 6.07 Å². The van der Waals surface area contributed by atoms with Crippen molar-refractivity contribution in [2.45, 2.75) is 102 Å². The predicted molar refractivity (Wildman–Crippen MR) is 145 cm³/mol. The Kier molecular flexibility index (Phi) is 8.34. The van der Waals surface area contributed by atoms with Crippen molar-refractivity contribution in [3.63, 3.8) is 0 Å². The molecule has 6 nitrogen and oxygen atoms in total. The van der Waals surface area contributed by atoms with Gasteiger partial charge in [-0.15, -0.1) is 0 Å². The molecule has 2 aromatic rings. The minimum atomic E-state index is -0.896. The molecule has 3 heterocycles. The normalized spacial score (nSPS) is 25.1. The van der Waals surface area contributed by atoms with Crippen molar-refractivity contribution in [3.8, 4) is 0 Å². The number of carbonyl (C=O) groups is 1. The summed E-state index contributed by atoms with van der Waals surface area (Å²) in [5.41, 5.74) is 3.55. The van der Waals surface area contributed by atoms with Crippen molar-refractivity contribution in [2.24, 2.45) is 5.92 Å². The van der Waals surface area contributed by atoms with Gasteiger partial charge in [0.15, 0.2) is 0 Å². The molecule has 0 amide bonds. The van der Waals surface area contributed by atoms with E-state index in [1.165, 1.54) is 17.7 Å². The summed E-state index contributed by atoms with van der Waals surface area (Å²) in [6.07, 6.45) is 8.98. The maximum atomic E-state index is 14.4. The van der Waals surface area contributed by atoms with Crippen LogP contribution in [-0.4, -0.2) is 40.9 Å². The number of nitrogens with one attached hydrogen (secondary N) is 1. The number of nitrogens with zero attached hydrogens (tertiary/aromatic N) is 1. The minimum Gasteiger partial charge on any atom is -0.481 e. The zero-order chi connectivity index (χ0) is 26.7. The van der Waals surface area contributed by atoms with Crippen molar-refractivity contribution < 1.29 is 23.8 Å². The first-order chi connectivity index (χ1) is 18.3. The van der Waals surface area contributed by atoms with Crippen LogP contribution in [0.4, 0.5) is 10.2 Å². The molecule has 1 aromatic heterocycles. The van der Waals surface area contributed by atoms with E-state index in [2.05, 4.69) is 17.4 Å². The van der Waals surface area contributed by atoms with Crippen molar-refractivity contribution in [1.82, 2.24) is 4.98 Å². The van der Waals surface area contributed by atoms with Gasteiger partial charge in [-0.3, -0.25) is 4.79 Å². The second kappa shape index (κ2) is 11.7. The lowest BCUT2D eigenvalue weighted by molar-refractivity contribution is -0.140. The summed E-state index contributed by atoms with van der Waals surface area (Å²) in [7, 11) is 0. The Bertz CT molecular complexity index is 1140. The van der Waals surface area contributed by atoms with Crippen LogP contribution >= 0.6 is 0 Å². The van der Waals surface area contributed by atoms with E-state index in [9.17, 15) is 14.3 Å². The van der Waals surface area contributed by atoms with Gasteiger partial charge in [-0.25, -0.2) is 9.37 Å². The van der Waals surface area contributed by atoms with Crippen LogP contribution in [0, 0.1) is 11.7 Å². The number of benzene rings is 1. The Morgan fingerprint density at radius 2 is 2.11 bits per heavy atom. The first-order valence-electron chi connectivity index (χ1n) is 14.3. The van der Waals surface area contributed by atoms with Crippen molar-refractivity contribution in [2.75, 3.05) is 18.5 Å². The van der Waals surface area contributed by atoms with E-state index in [0.29, 0.717) is 18.6 Å². The lowest BCUT2D eigenvalue weighted by atomic mass is 9.81. The summed E-state index contributed by atoms with van der Waals surface area (Å²) < 4.78 is 26.8. The van der Waals surface area contributed by atoms with E-state index in [-0.39, 0.29) is 23.7 Å². The fourth-order valence-corrected chi connectivity index (χ4v) is 6.49. The Labute approximate surface area is 225 Å². The first kappa shape index (κ1) is 27.1. The summed E-state index contributed by atoms with van der Waals surface area (Å²) in [4.78, 5) is 17.3. The van der Waals surface area contributed by atoms with Crippen LogP contribution < -0.4 is 5.32 Å². The number of aromatic nitrogens is 1. The zero-order valence-electron chi connectivity index (χ0n) is 22.7. The van der Waals surface area contributed by atoms with Crippen LogP contribution in [-0.2, 0) is 27.1 Å². The van der Waals surface area contributed by atoms with E-state index in [0.717, 1.165) is 81.4 Å². The third-order valence-electron chi connectivity index (χ3n) is 8.50. The molecule has 7 heteroatoms. The molecule has 2 N–H and O–H groups in total. The highest BCUT2D eigenvalue weighted by Crippen LogP contribution is 2.45. The van der Waals surface area contributed by atoms with Gasteiger partial charge in [0, 0.05) is 18.8 Å². The number of carboxylic acids is 1. The third-order valence-corrected chi connectivity index (χ3v) is 8.50. The average Bonchev–Trinajstić information content (AvgIpc) is 3.49. The molecule has 0 radical (unpaired) electrons. The van der Waals surface area contributed by atoms with Gasteiger partial charge < -0.3 is 19.9 Å². The minimum absolute atomic E-state index is 0.0478. The number of hydrogen-bond donors (Lipinski definition) is 2. The number of unbranched alkanes of at least 4 members (excludes halogenated alkanes) is 1. The van der Waals surface area contributed by atoms with Gasteiger partial charge in [-0.1, -0.05) is 12.1 Å². The summed E-state index contributed by atoms with van der Waals surface area (Å²) in [5.74, 6) is -1.10. The second-order valence-corrected chi connectivity index (χ2v) is 11.9. The lowest BCUT2D eigenvalue weighted by Gasteiger charge is -2.26. The molecule has 3 aliphatic rings. The van der Waals surface area contributed by atoms with Crippen LogP contribution in [0.1, 0.15) is 99.6 Å². The Morgan fingerprint density at radius 1 is 1.24 bits per heavy atom. The number of aryl methyl sites for hydroxylation is 2. The number of pyridine rings is 1. The van der Waals surface area contributed by atoms with Gasteiger partial charge in [0.1, 0.15) is 11.6 Å². The maximum absolute atomic E-state index is 14.4. The molecular weight excluding hydrogens is 483 g/mol. The van der Waals surface area contributed by atoms with Crippen LogP contribution in [0.25, 0.3) is 0 Å². The van der Waals surface area contributed by atoms with E-state index in [1.807, 2.05) is 13.8 Å². The Balaban J connectivity index is 1.14. The number of aliphatic carboxylic acids is 1. The number of fused-ring (bicyclic) bond motifs is 1. The SMILES string of the molecule is CC1(C)CCC(c2ccc(F)cc2[C@@H](C(=O)O)C2CC[C@@H](OCCCCc3ccc4c(n3)NCCC4)C2)O1. The average molecular weight is 525 g/mol. The standard InChI is InChI=1S/C31H41FN2O4/c1-31(2)15-14-27(38-31)25-13-10-22(32)19-26(25)28(30(35)36)21-9-12-24(18-21)37-17-4-3-7-23-11-8-20-6-5-16-33-29(20)34-23/h8,10-11,13,19,21,24,27-28H,3-7,9,12,14-18H2,1-2H3,(H,33,34)(H,35,36)/t21?,24-,27?,28+/m1/s1. The maximum Gasteiger partial charge on any atom is 0.311 e. The van der Waals surface area contributed by atoms with Crippen LogP contribution in [0.15, 0.2) is 30.3 Å². The highest BCUT2D eigenvalue weighted by molar-refractivity contribution is 5.77. The molecule has 206 valence electrons. The third kappa shape index (κ3) is 6.37. The monoisotopic (exact) mass is 524 g/mol. The summed E-state index contributed by atoms with van der Waals surface area (Å²) in [6, 6.07) is 8.90. The highest BCUT2D eigenvalue weighted by atomic mass is 19.1. The number of ether oxygens (including phenoxy) is 2. The summed E-state index contributed by atoms with van der Waals surface area (Å²) >= 11 is 0. The van der Waals surface area contributed by atoms with Gasteiger partial charge in [0.05, 0.1) is 23.7 Å². The molecule has 1 saturated heterocycles. The number of halogens is 1. The summed E-state index contributed by atoms with van der Waals surface area (Å²) in [6.45, 7) is 5.75. The largest absolute Gasteiger partial charge is 0.481 e. The fourth-order valence-electron chi connectivity index (χ4n) is 6.49. The zero-order valence-corrected chi connectivity index (χ0v) is 22.7. The molecule has 5 rings (SSSR count).